The lowest BCUT2D eigenvalue weighted by atomic mass is 10.3. The maximum atomic E-state index is 5.88. The summed E-state index contributed by atoms with van der Waals surface area (Å²) in [5.41, 5.74) is 6.63. The molecule has 2 heterocycles. The highest BCUT2D eigenvalue weighted by atomic mass is 32.2. The second kappa shape index (κ2) is 8.87. The van der Waals surface area contributed by atoms with Crippen molar-refractivity contribution in [3.63, 3.8) is 0 Å². The van der Waals surface area contributed by atoms with E-state index < -0.39 is 0 Å². The Kier molecular flexibility index (Phi) is 5.85. The lowest BCUT2D eigenvalue weighted by molar-refractivity contribution is 0.297. The van der Waals surface area contributed by atoms with Crippen LogP contribution in [-0.2, 0) is 5.75 Å². The Morgan fingerprint density at radius 1 is 1.07 bits per heavy atom. The fraction of sp³-hybridized carbons (Fsp3) is 0.250. The second-order valence-corrected chi connectivity index (χ2v) is 7.26. The van der Waals surface area contributed by atoms with Crippen LogP contribution in [0, 0.1) is 0 Å². The summed E-state index contributed by atoms with van der Waals surface area (Å²) < 4.78 is 16.8. The van der Waals surface area contributed by atoms with Gasteiger partial charge in [0, 0.05) is 11.3 Å². The molecule has 1 aromatic heterocycles. The van der Waals surface area contributed by atoms with E-state index in [4.69, 9.17) is 19.9 Å². The van der Waals surface area contributed by atoms with Crippen molar-refractivity contribution in [2.24, 2.45) is 0 Å². The second-order valence-electron chi connectivity index (χ2n) is 6.21. The van der Waals surface area contributed by atoms with E-state index >= 15 is 0 Å². The van der Waals surface area contributed by atoms with E-state index in [-0.39, 0.29) is 5.95 Å². The van der Waals surface area contributed by atoms with Gasteiger partial charge in [-0.1, -0.05) is 12.1 Å². The zero-order valence-electron chi connectivity index (χ0n) is 15.9. The molecular weight excluding hydrogens is 390 g/mol. The predicted molar refractivity (Wildman–Crippen MR) is 112 cm³/mol. The average molecular weight is 411 g/mol. The minimum Gasteiger partial charge on any atom is -0.495 e. The molecule has 0 unspecified atom stereocenters. The quantitative estimate of drug-likeness (QED) is 0.588. The molecule has 0 spiro atoms. The number of nitrogens with zero attached hydrogens (tertiary/aromatic N) is 3. The molecular formula is C20H21N5O3S. The molecule has 1 aliphatic heterocycles. The third kappa shape index (κ3) is 4.80. The highest BCUT2D eigenvalue weighted by Gasteiger charge is 2.12. The van der Waals surface area contributed by atoms with Gasteiger partial charge in [-0.2, -0.15) is 15.0 Å². The maximum absolute atomic E-state index is 5.88. The number of anilines is 3. The average Bonchev–Trinajstić information content (AvgIpc) is 2.97. The molecule has 0 bridgehead atoms. The lowest BCUT2D eigenvalue weighted by Gasteiger charge is -2.11. The number of nitrogen functional groups attached to an aromatic ring is 1. The van der Waals surface area contributed by atoms with Crippen LogP contribution < -0.4 is 25.3 Å². The van der Waals surface area contributed by atoms with E-state index in [1.807, 2.05) is 42.5 Å². The number of nitrogens with one attached hydrogen (secondary N) is 1. The zero-order chi connectivity index (χ0) is 20.1. The van der Waals surface area contributed by atoms with Crippen molar-refractivity contribution in [1.82, 2.24) is 15.0 Å². The monoisotopic (exact) mass is 411 g/mol. The van der Waals surface area contributed by atoms with Gasteiger partial charge in [0.2, 0.25) is 11.9 Å². The van der Waals surface area contributed by atoms with E-state index in [2.05, 4.69) is 20.3 Å². The summed E-state index contributed by atoms with van der Waals surface area (Å²) in [6, 6.07) is 13.4. The van der Waals surface area contributed by atoms with Crippen molar-refractivity contribution in [2.45, 2.75) is 17.1 Å². The Hall–Kier alpha value is -3.20. The first kappa shape index (κ1) is 19.1. The fourth-order valence-corrected chi connectivity index (χ4v) is 3.59. The Morgan fingerprint density at radius 3 is 2.76 bits per heavy atom. The van der Waals surface area contributed by atoms with Gasteiger partial charge < -0.3 is 25.3 Å². The van der Waals surface area contributed by atoms with Crippen molar-refractivity contribution in [3.05, 3.63) is 48.3 Å². The molecule has 0 radical (unpaired) electrons. The smallest absolute Gasteiger partial charge is 0.232 e. The number of methoxy groups -OCH3 is 1. The van der Waals surface area contributed by atoms with Gasteiger partial charge in [0.25, 0.3) is 0 Å². The van der Waals surface area contributed by atoms with Crippen LogP contribution in [-0.4, -0.2) is 35.3 Å². The van der Waals surface area contributed by atoms with Gasteiger partial charge >= 0.3 is 0 Å². The summed E-state index contributed by atoms with van der Waals surface area (Å²) in [5.74, 6) is 3.87. The summed E-state index contributed by atoms with van der Waals surface area (Å²) in [6.07, 6.45) is 0.878. The summed E-state index contributed by atoms with van der Waals surface area (Å²) in [6.45, 7) is 1.33. The van der Waals surface area contributed by atoms with Crippen molar-refractivity contribution in [2.75, 3.05) is 31.4 Å². The molecule has 150 valence electrons. The summed E-state index contributed by atoms with van der Waals surface area (Å²) in [7, 11) is 1.61. The van der Waals surface area contributed by atoms with Crippen molar-refractivity contribution in [1.29, 1.82) is 0 Å². The summed E-state index contributed by atoms with van der Waals surface area (Å²) in [4.78, 5) is 13.9. The van der Waals surface area contributed by atoms with Crippen LogP contribution >= 0.6 is 11.8 Å². The first-order valence-electron chi connectivity index (χ1n) is 9.14. The maximum Gasteiger partial charge on any atom is 0.232 e. The van der Waals surface area contributed by atoms with Crippen LogP contribution in [0.2, 0.25) is 0 Å². The molecule has 3 N–H and O–H groups in total. The van der Waals surface area contributed by atoms with Gasteiger partial charge in [-0.25, -0.2) is 0 Å². The van der Waals surface area contributed by atoms with Crippen molar-refractivity contribution < 1.29 is 14.2 Å². The molecule has 0 amide bonds. The molecule has 3 aromatic rings. The molecule has 4 rings (SSSR count). The highest BCUT2D eigenvalue weighted by Crippen LogP contribution is 2.34. The molecule has 29 heavy (non-hydrogen) atoms. The SMILES string of the molecule is COc1ccccc1Nc1nc(N)nc(CSc2ccc3c(c2)OCCCO3)n1. The van der Waals surface area contributed by atoms with Crippen LogP contribution in [0.5, 0.6) is 17.2 Å². The Bertz CT molecular complexity index is 1000. The summed E-state index contributed by atoms with van der Waals surface area (Å²) >= 11 is 1.59. The number of benzene rings is 2. The normalized spacial score (nSPS) is 12.9. The van der Waals surface area contributed by atoms with Crippen LogP contribution in [0.3, 0.4) is 0 Å². The van der Waals surface area contributed by atoms with Gasteiger partial charge in [0.1, 0.15) is 11.6 Å². The van der Waals surface area contributed by atoms with Gasteiger partial charge in [0.15, 0.2) is 11.5 Å². The predicted octanol–water partition coefficient (Wildman–Crippen LogP) is 3.66. The molecule has 9 heteroatoms. The molecule has 2 aromatic carbocycles. The zero-order valence-corrected chi connectivity index (χ0v) is 16.7. The number of aromatic nitrogens is 3. The van der Waals surface area contributed by atoms with E-state index in [0.717, 1.165) is 28.5 Å². The van der Waals surface area contributed by atoms with Gasteiger partial charge in [0.05, 0.1) is 31.8 Å². The third-order valence-corrected chi connectivity index (χ3v) is 5.13. The standard InChI is InChI=1S/C20H21N5O3S/c1-26-15-6-3-2-5-14(15)22-20-24-18(23-19(21)25-20)12-29-13-7-8-16-17(11-13)28-10-4-9-27-16/h2-3,5-8,11H,4,9-10,12H2,1H3,(H3,21,22,23,24,25). The largest absolute Gasteiger partial charge is 0.495 e. The molecule has 0 saturated heterocycles. The fourth-order valence-electron chi connectivity index (χ4n) is 2.81. The Labute approximate surface area is 172 Å². The number of hydrogen-bond acceptors (Lipinski definition) is 9. The van der Waals surface area contributed by atoms with Crippen LogP contribution in [0.15, 0.2) is 47.4 Å². The van der Waals surface area contributed by atoms with Gasteiger partial charge in [-0.15, -0.1) is 11.8 Å². The minimum absolute atomic E-state index is 0.159. The first-order valence-corrected chi connectivity index (χ1v) is 10.1. The molecule has 0 atom stereocenters. The molecule has 8 nitrogen and oxygen atoms in total. The minimum atomic E-state index is 0.159. The lowest BCUT2D eigenvalue weighted by Crippen LogP contribution is -2.07. The topological polar surface area (TPSA) is 104 Å². The Balaban J connectivity index is 1.47. The number of nitrogens with two attached hydrogens (primary N) is 1. The number of rotatable bonds is 6. The van der Waals surface area contributed by atoms with E-state index in [9.17, 15) is 0 Å². The van der Waals surface area contributed by atoms with Gasteiger partial charge in [-0.3, -0.25) is 0 Å². The van der Waals surface area contributed by atoms with E-state index in [0.29, 0.717) is 36.5 Å². The Morgan fingerprint density at radius 2 is 1.90 bits per heavy atom. The van der Waals surface area contributed by atoms with Crippen molar-refractivity contribution in [3.8, 4) is 17.2 Å². The van der Waals surface area contributed by atoms with Crippen LogP contribution in [0.1, 0.15) is 12.2 Å². The summed E-state index contributed by atoms with van der Waals surface area (Å²) in [5, 5.41) is 3.14. The van der Waals surface area contributed by atoms with E-state index in [1.165, 1.54) is 0 Å². The molecule has 0 saturated carbocycles. The molecule has 1 aliphatic rings. The number of ether oxygens (including phenoxy) is 3. The van der Waals surface area contributed by atoms with E-state index in [1.54, 1.807) is 18.9 Å². The molecule has 0 aliphatic carbocycles. The first-order chi connectivity index (χ1) is 14.2. The third-order valence-electron chi connectivity index (χ3n) is 4.14. The van der Waals surface area contributed by atoms with Crippen LogP contribution in [0.4, 0.5) is 17.6 Å². The number of hydrogen-bond donors (Lipinski definition) is 2. The number of fused-ring (bicyclic) bond motifs is 1. The number of thioether (sulfide) groups is 1. The van der Waals surface area contributed by atoms with Gasteiger partial charge in [-0.05, 0) is 30.3 Å². The highest BCUT2D eigenvalue weighted by molar-refractivity contribution is 7.98. The van der Waals surface area contributed by atoms with Crippen molar-refractivity contribution >= 4 is 29.3 Å². The van der Waals surface area contributed by atoms with Crippen LogP contribution in [0.25, 0.3) is 0 Å². The molecule has 0 fully saturated rings. The number of para-hydroxylation sites is 2.